The van der Waals surface area contributed by atoms with Gasteiger partial charge in [-0.15, -0.1) is 0 Å². The van der Waals surface area contributed by atoms with Crippen LogP contribution in [-0.4, -0.2) is 21.9 Å². The number of amides is 2. The van der Waals surface area contributed by atoms with Gasteiger partial charge in [0.15, 0.2) is 0 Å². The molecule has 7 heteroatoms. The van der Waals surface area contributed by atoms with E-state index < -0.39 is 5.24 Å². The molecule has 0 bridgehead atoms. The molecule has 2 amide bonds. The monoisotopic (exact) mass is 296 g/mol. The van der Waals surface area contributed by atoms with Crippen molar-refractivity contribution in [2.24, 2.45) is 5.73 Å². The number of carbonyl (C=O) groups excluding carboxylic acids is 2. The molecule has 18 heavy (non-hydrogen) atoms. The molecule has 1 rings (SSSR count). The van der Waals surface area contributed by atoms with Crippen molar-refractivity contribution in [3.05, 3.63) is 35.9 Å². The summed E-state index contributed by atoms with van der Waals surface area (Å²) in [6.07, 6.45) is 0. The van der Waals surface area contributed by atoms with Crippen LogP contribution in [0.4, 0.5) is 9.59 Å². The summed E-state index contributed by atoms with van der Waals surface area (Å²) in [6, 6.07) is 9.89. The Bertz CT molecular complexity index is 365. The molecule has 0 atom stereocenters. The first-order chi connectivity index (χ1) is 7.97. The molecular formula is C11H17N2NaO2S2. The maximum absolute atomic E-state index is 11.0. The second-order valence-corrected chi connectivity index (χ2v) is 3.94. The molecule has 2 N–H and O–H groups in total. The number of thiol groups is 2. The predicted molar refractivity (Wildman–Crippen MR) is 76.6 cm³/mol. The van der Waals surface area contributed by atoms with Crippen molar-refractivity contribution in [2.75, 3.05) is 6.54 Å². The van der Waals surface area contributed by atoms with E-state index in [4.69, 9.17) is 4.79 Å². The van der Waals surface area contributed by atoms with E-state index in [9.17, 15) is 4.79 Å². The van der Waals surface area contributed by atoms with Crippen molar-refractivity contribution in [1.29, 1.82) is 0 Å². The number of hydrogen-bond donors (Lipinski definition) is 3. The molecule has 0 aliphatic carbocycles. The number of nitrogens with zero attached hydrogens (tertiary/aromatic N) is 1. The minimum Gasteiger partial charge on any atom is -1.00 e. The molecule has 0 spiro atoms. The largest absolute Gasteiger partial charge is 1.00 e. The Morgan fingerprint density at radius 3 is 2.06 bits per heavy atom. The van der Waals surface area contributed by atoms with Gasteiger partial charge in [0.2, 0.25) is 0 Å². The number of benzene rings is 1. The van der Waals surface area contributed by atoms with Crippen LogP contribution in [0.15, 0.2) is 30.3 Å². The van der Waals surface area contributed by atoms with Gasteiger partial charge in [0, 0.05) is 13.1 Å². The maximum atomic E-state index is 11.0. The van der Waals surface area contributed by atoms with Gasteiger partial charge < -0.3 is 12.1 Å². The molecule has 0 aliphatic heterocycles. The number of primary amides is 1. The van der Waals surface area contributed by atoms with Gasteiger partial charge in [0.1, 0.15) is 0 Å². The van der Waals surface area contributed by atoms with Gasteiger partial charge in [-0.25, -0.2) is 0 Å². The molecule has 0 radical (unpaired) electrons. The van der Waals surface area contributed by atoms with Crippen molar-refractivity contribution < 1.29 is 40.6 Å². The van der Waals surface area contributed by atoms with Crippen molar-refractivity contribution in [3.63, 3.8) is 0 Å². The van der Waals surface area contributed by atoms with E-state index in [1.54, 1.807) is 4.90 Å². The molecule has 1 aromatic rings. The average molecular weight is 296 g/mol. The average Bonchev–Trinajstić information content (AvgIpc) is 2.26. The van der Waals surface area contributed by atoms with E-state index in [2.05, 4.69) is 31.0 Å². The van der Waals surface area contributed by atoms with Crippen molar-refractivity contribution in [3.8, 4) is 0 Å². The maximum Gasteiger partial charge on any atom is 1.00 e. The van der Waals surface area contributed by atoms with E-state index in [0.717, 1.165) is 5.56 Å². The summed E-state index contributed by atoms with van der Waals surface area (Å²) < 4.78 is 0. The first kappa shape index (κ1) is 20.2. The van der Waals surface area contributed by atoms with Crippen LogP contribution >= 0.6 is 25.3 Å². The standard InChI is InChI=1S/C10H13NOS.CH3NOS.Na.H/c1-2-11(10(12)13)8-9-6-4-3-5-7-9;2-1(3)4;;/h3-7H,2,8H2,1H3,(H,12,13);(H3,2,3,4);;/q;;+1;-1. The predicted octanol–water partition coefficient (Wildman–Crippen LogP) is -0.330. The van der Waals surface area contributed by atoms with Crippen LogP contribution < -0.4 is 35.3 Å². The summed E-state index contributed by atoms with van der Waals surface area (Å²) in [5.74, 6) is 0. The van der Waals surface area contributed by atoms with Gasteiger partial charge in [0.05, 0.1) is 0 Å². The summed E-state index contributed by atoms with van der Waals surface area (Å²) in [6.45, 7) is 3.27. The second-order valence-electron chi connectivity index (χ2n) is 3.12. The molecular weight excluding hydrogens is 279 g/mol. The first-order valence-electron chi connectivity index (χ1n) is 4.97. The zero-order chi connectivity index (χ0) is 13.3. The van der Waals surface area contributed by atoms with Gasteiger partial charge in [-0.2, -0.15) is 0 Å². The summed E-state index contributed by atoms with van der Waals surface area (Å²) in [5.41, 5.74) is 5.47. The van der Waals surface area contributed by atoms with E-state index in [1.165, 1.54) is 0 Å². The molecule has 1 aromatic carbocycles. The number of rotatable bonds is 3. The van der Waals surface area contributed by atoms with Gasteiger partial charge in [-0.3, -0.25) is 9.59 Å². The third kappa shape index (κ3) is 11.0. The van der Waals surface area contributed by atoms with Gasteiger partial charge in [-0.1, -0.05) is 55.6 Å². The number of nitrogens with two attached hydrogens (primary N) is 1. The number of hydrogen-bond acceptors (Lipinski definition) is 2. The fourth-order valence-corrected chi connectivity index (χ4v) is 1.33. The van der Waals surface area contributed by atoms with Crippen LogP contribution in [0.1, 0.15) is 13.9 Å². The normalized spacial score (nSPS) is 8.39. The fraction of sp³-hybridized carbons (Fsp3) is 0.273. The third-order valence-corrected chi connectivity index (χ3v) is 2.15. The minimum absolute atomic E-state index is 0. The Kier molecular flexibility index (Phi) is 13.4. The van der Waals surface area contributed by atoms with E-state index in [-0.39, 0.29) is 36.2 Å². The minimum atomic E-state index is -0.639. The molecule has 4 nitrogen and oxygen atoms in total. The van der Waals surface area contributed by atoms with Crippen LogP contribution in [0.25, 0.3) is 0 Å². The second kappa shape index (κ2) is 11.9. The molecule has 0 aliphatic rings. The van der Waals surface area contributed by atoms with Crippen LogP contribution in [0.3, 0.4) is 0 Å². The van der Waals surface area contributed by atoms with Crippen molar-refractivity contribution >= 4 is 35.7 Å². The Labute approximate surface area is 142 Å². The summed E-state index contributed by atoms with van der Waals surface area (Å²) in [7, 11) is 0. The molecule has 0 saturated carbocycles. The SMILES string of the molecule is CCN(Cc1ccccc1)C(=O)S.NC(=O)S.[H-].[Na+]. The van der Waals surface area contributed by atoms with Gasteiger partial charge >= 0.3 is 29.6 Å². The Hall–Kier alpha value is -0.140. The smallest absolute Gasteiger partial charge is 1.00 e. The zero-order valence-corrected chi connectivity index (χ0v) is 14.3. The molecule has 0 saturated heterocycles. The van der Waals surface area contributed by atoms with E-state index in [0.29, 0.717) is 13.1 Å². The zero-order valence-electron chi connectivity index (χ0n) is 11.5. The topological polar surface area (TPSA) is 63.4 Å². The quantitative estimate of drug-likeness (QED) is 0.528. The molecule has 0 fully saturated rings. The fourth-order valence-electron chi connectivity index (χ4n) is 1.12. The van der Waals surface area contributed by atoms with Crippen LogP contribution in [0, 0.1) is 0 Å². The van der Waals surface area contributed by atoms with Crippen LogP contribution in [0.5, 0.6) is 0 Å². The van der Waals surface area contributed by atoms with Crippen LogP contribution in [0.2, 0.25) is 0 Å². The molecule has 96 valence electrons. The van der Waals surface area contributed by atoms with Gasteiger partial charge in [0.25, 0.3) is 10.5 Å². The van der Waals surface area contributed by atoms with Gasteiger partial charge in [-0.05, 0) is 12.5 Å². The third-order valence-electron chi connectivity index (χ3n) is 1.87. The summed E-state index contributed by atoms with van der Waals surface area (Å²) in [5, 5.41) is -0.814. The summed E-state index contributed by atoms with van der Waals surface area (Å²) >= 11 is 6.90. The van der Waals surface area contributed by atoms with E-state index in [1.807, 2.05) is 37.3 Å². The first-order valence-corrected chi connectivity index (χ1v) is 5.87. The Morgan fingerprint density at radius 1 is 1.28 bits per heavy atom. The summed E-state index contributed by atoms with van der Waals surface area (Å²) in [4.78, 5) is 21.7. The molecule has 0 aromatic heterocycles. The van der Waals surface area contributed by atoms with Crippen LogP contribution in [-0.2, 0) is 6.54 Å². The molecule has 0 heterocycles. The Morgan fingerprint density at radius 2 is 1.72 bits per heavy atom. The number of carbonyl (C=O) groups is 2. The van der Waals surface area contributed by atoms with E-state index >= 15 is 0 Å². The van der Waals surface area contributed by atoms with Crippen molar-refractivity contribution in [1.82, 2.24) is 4.90 Å². The van der Waals surface area contributed by atoms with Crippen molar-refractivity contribution in [2.45, 2.75) is 13.5 Å². The molecule has 0 unspecified atom stereocenters. The Balaban J connectivity index is -0.000000379.